The van der Waals surface area contributed by atoms with E-state index in [1.165, 1.54) is 0 Å². The van der Waals surface area contributed by atoms with Crippen LogP contribution in [0.1, 0.15) is 13.3 Å². The van der Waals surface area contributed by atoms with Crippen molar-refractivity contribution < 1.29 is 9.59 Å². The Balaban J connectivity index is 2.02. The highest BCUT2D eigenvalue weighted by atomic mass is 35.5. The summed E-state index contributed by atoms with van der Waals surface area (Å²) in [4.78, 5) is 31.8. The minimum absolute atomic E-state index is 0.0732. The third-order valence-electron chi connectivity index (χ3n) is 3.51. The zero-order valence-corrected chi connectivity index (χ0v) is 12.9. The smallest absolute Gasteiger partial charge is 0.242 e. The van der Waals surface area contributed by atoms with E-state index < -0.39 is 0 Å². The van der Waals surface area contributed by atoms with Gasteiger partial charge in [0.1, 0.15) is 11.9 Å². The van der Waals surface area contributed by atoms with Crippen molar-refractivity contribution in [1.29, 1.82) is 0 Å². The molecular formula is C14H19ClN4O2. The number of nitrogens with zero attached hydrogens (tertiary/aromatic N) is 3. The van der Waals surface area contributed by atoms with Crippen LogP contribution in [0, 0.1) is 0 Å². The Hall–Kier alpha value is -1.82. The molecule has 2 amide bonds. The lowest BCUT2D eigenvalue weighted by Crippen LogP contribution is -2.58. The van der Waals surface area contributed by atoms with Gasteiger partial charge >= 0.3 is 0 Å². The zero-order valence-electron chi connectivity index (χ0n) is 12.2. The monoisotopic (exact) mass is 310 g/mol. The average molecular weight is 311 g/mol. The van der Waals surface area contributed by atoms with Gasteiger partial charge in [-0.15, -0.1) is 0 Å². The fourth-order valence-electron chi connectivity index (χ4n) is 2.39. The lowest BCUT2D eigenvalue weighted by Gasteiger charge is -2.35. The molecule has 2 heterocycles. The molecule has 0 radical (unpaired) electrons. The number of halogens is 1. The lowest BCUT2D eigenvalue weighted by molar-refractivity contribution is -0.142. The van der Waals surface area contributed by atoms with E-state index in [0.29, 0.717) is 30.4 Å². The molecule has 6 nitrogen and oxygen atoms in total. The number of piperazine rings is 1. The van der Waals surface area contributed by atoms with Crippen molar-refractivity contribution in [3.8, 4) is 0 Å². The summed E-state index contributed by atoms with van der Waals surface area (Å²) >= 11 is 5.80. The van der Waals surface area contributed by atoms with Gasteiger partial charge in [-0.05, 0) is 18.6 Å². The van der Waals surface area contributed by atoms with Gasteiger partial charge in [0.2, 0.25) is 11.8 Å². The molecule has 114 valence electrons. The van der Waals surface area contributed by atoms with Crippen LogP contribution in [0.15, 0.2) is 18.3 Å². The Kier molecular flexibility index (Phi) is 5.01. The van der Waals surface area contributed by atoms with Gasteiger partial charge in [-0.2, -0.15) is 0 Å². The molecule has 0 aliphatic carbocycles. The normalized spacial score (nSPS) is 18.3. The van der Waals surface area contributed by atoms with Gasteiger partial charge in [0.05, 0.1) is 11.6 Å². The van der Waals surface area contributed by atoms with Gasteiger partial charge in [-0.1, -0.05) is 18.5 Å². The number of hydrogen-bond donors (Lipinski definition) is 1. The van der Waals surface area contributed by atoms with E-state index in [1.54, 1.807) is 35.2 Å². The van der Waals surface area contributed by atoms with Crippen LogP contribution in [0.25, 0.3) is 0 Å². The molecule has 21 heavy (non-hydrogen) atoms. The highest BCUT2D eigenvalue weighted by Gasteiger charge is 2.31. The van der Waals surface area contributed by atoms with Gasteiger partial charge in [0.25, 0.3) is 0 Å². The summed E-state index contributed by atoms with van der Waals surface area (Å²) in [6.45, 7) is 3.13. The van der Waals surface area contributed by atoms with Crippen LogP contribution in [0.3, 0.4) is 0 Å². The number of pyridine rings is 1. The fourth-order valence-corrected chi connectivity index (χ4v) is 2.50. The molecule has 1 atom stereocenters. The molecule has 0 aromatic carbocycles. The van der Waals surface area contributed by atoms with E-state index >= 15 is 0 Å². The van der Waals surface area contributed by atoms with Crippen LogP contribution in [0.5, 0.6) is 0 Å². The number of likely N-dealkylation sites (N-methyl/N-ethyl adjacent to an activating group) is 1. The van der Waals surface area contributed by atoms with Crippen LogP contribution in [0.4, 0.5) is 5.82 Å². The summed E-state index contributed by atoms with van der Waals surface area (Å²) in [7, 11) is 1.79. The first kappa shape index (κ1) is 15.6. The van der Waals surface area contributed by atoms with Crippen LogP contribution < -0.4 is 10.2 Å². The summed E-state index contributed by atoms with van der Waals surface area (Å²) in [6, 6.07) is 3.11. The molecular weight excluding hydrogens is 292 g/mol. The number of anilines is 1. The third kappa shape index (κ3) is 3.64. The van der Waals surface area contributed by atoms with Gasteiger partial charge in [-0.25, -0.2) is 4.98 Å². The summed E-state index contributed by atoms with van der Waals surface area (Å²) in [5.74, 6) is 0.516. The summed E-state index contributed by atoms with van der Waals surface area (Å²) in [5, 5.41) is 3.34. The van der Waals surface area contributed by atoms with Crippen LogP contribution in [0.2, 0.25) is 5.02 Å². The molecule has 1 aromatic heterocycles. The number of hydrogen-bond acceptors (Lipinski definition) is 4. The quantitative estimate of drug-likeness (QED) is 0.897. The van der Waals surface area contributed by atoms with Gasteiger partial charge in [0.15, 0.2) is 0 Å². The van der Waals surface area contributed by atoms with Crippen molar-refractivity contribution in [3.63, 3.8) is 0 Å². The largest absolute Gasteiger partial charge is 0.353 e. The number of aromatic nitrogens is 1. The van der Waals surface area contributed by atoms with Crippen molar-refractivity contribution in [2.24, 2.45) is 0 Å². The molecule has 2 rings (SSSR count). The number of carbonyl (C=O) groups is 2. The molecule has 1 saturated heterocycles. The van der Waals surface area contributed by atoms with E-state index in [2.05, 4.69) is 10.3 Å². The molecule has 1 aliphatic heterocycles. The third-order valence-corrected chi connectivity index (χ3v) is 3.74. The Morgan fingerprint density at radius 2 is 2.33 bits per heavy atom. The summed E-state index contributed by atoms with van der Waals surface area (Å²) < 4.78 is 0. The van der Waals surface area contributed by atoms with E-state index in [4.69, 9.17) is 11.6 Å². The molecule has 0 saturated carbocycles. The van der Waals surface area contributed by atoms with Gasteiger partial charge in [-0.3, -0.25) is 9.59 Å². The van der Waals surface area contributed by atoms with E-state index in [-0.39, 0.29) is 24.4 Å². The highest BCUT2D eigenvalue weighted by Crippen LogP contribution is 2.14. The zero-order chi connectivity index (χ0) is 15.4. The number of carbonyl (C=O) groups excluding carboxylic acids is 2. The first-order valence-corrected chi connectivity index (χ1v) is 7.30. The van der Waals surface area contributed by atoms with Crippen molar-refractivity contribution in [2.45, 2.75) is 19.4 Å². The van der Waals surface area contributed by atoms with Crippen molar-refractivity contribution in [1.82, 2.24) is 15.2 Å². The Morgan fingerprint density at radius 3 is 2.95 bits per heavy atom. The Labute approximate surface area is 129 Å². The highest BCUT2D eigenvalue weighted by molar-refractivity contribution is 6.30. The maximum absolute atomic E-state index is 12.4. The molecule has 0 bridgehead atoms. The molecule has 1 N–H and O–H groups in total. The topological polar surface area (TPSA) is 65.5 Å². The second-order valence-corrected chi connectivity index (χ2v) is 5.43. The second kappa shape index (κ2) is 6.76. The minimum Gasteiger partial charge on any atom is -0.353 e. The standard InChI is InChI=1S/C14H19ClN4O2/c1-3-11-14(21)16-6-7-19(11)13(20)9-18(2)12-5-4-10(15)8-17-12/h4-5,8,11H,3,6-7,9H2,1-2H3,(H,16,21). The fraction of sp³-hybridized carbons (Fsp3) is 0.500. The van der Waals surface area contributed by atoms with Crippen LogP contribution in [-0.4, -0.2) is 54.4 Å². The van der Waals surface area contributed by atoms with Gasteiger partial charge in [0, 0.05) is 26.3 Å². The van der Waals surface area contributed by atoms with E-state index in [1.807, 2.05) is 6.92 Å². The number of rotatable bonds is 4. The Morgan fingerprint density at radius 1 is 1.57 bits per heavy atom. The molecule has 0 spiro atoms. The maximum atomic E-state index is 12.4. The van der Waals surface area contributed by atoms with Crippen LogP contribution >= 0.6 is 11.6 Å². The van der Waals surface area contributed by atoms with Crippen molar-refractivity contribution in [3.05, 3.63) is 23.4 Å². The molecule has 1 fully saturated rings. The lowest BCUT2D eigenvalue weighted by atomic mass is 10.1. The average Bonchev–Trinajstić information content (AvgIpc) is 2.47. The SMILES string of the molecule is CCC1C(=O)NCCN1C(=O)CN(C)c1ccc(Cl)cn1. The van der Waals surface area contributed by atoms with E-state index in [0.717, 1.165) is 0 Å². The van der Waals surface area contributed by atoms with Crippen LogP contribution in [-0.2, 0) is 9.59 Å². The summed E-state index contributed by atoms with van der Waals surface area (Å²) in [5.41, 5.74) is 0. The number of nitrogens with one attached hydrogen (secondary N) is 1. The second-order valence-electron chi connectivity index (χ2n) is 4.99. The van der Waals surface area contributed by atoms with Crippen molar-refractivity contribution >= 4 is 29.2 Å². The summed E-state index contributed by atoms with van der Waals surface area (Å²) in [6.07, 6.45) is 2.15. The molecule has 1 aliphatic rings. The Bertz CT molecular complexity index is 520. The van der Waals surface area contributed by atoms with Gasteiger partial charge < -0.3 is 15.1 Å². The molecule has 7 heteroatoms. The first-order chi connectivity index (χ1) is 10.0. The molecule has 1 aromatic rings. The minimum atomic E-state index is -0.377. The maximum Gasteiger partial charge on any atom is 0.242 e. The predicted octanol–water partition coefficient (Wildman–Crippen LogP) is 0.908. The molecule has 1 unspecified atom stereocenters. The number of amides is 2. The van der Waals surface area contributed by atoms with E-state index in [9.17, 15) is 9.59 Å². The van der Waals surface area contributed by atoms with Crippen molar-refractivity contribution in [2.75, 3.05) is 31.6 Å². The first-order valence-electron chi connectivity index (χ1n) is 6.92. The predicted molar refractivity (Wildman–Crippen MR) is 81.3 cm³/mol.